The van der Waals surface area contributed by atoms with Gasteiger partial charge in [-0.05, 0) is 31.4 Å². The topological polar surface area (TPSA) is 21.8 Å². The molecule has 1 atom stereocenters. The predicted octanol–water partition coefficient (Wildman–Crippen LogP) is 3.20. The van der Waals surface area contributed by atoms with Crippen LogP contribution >= 0.6 is 0 Å². The maximum atomic E-state index is 5.84. The predicted molar refractivity (Wildman–Crippen MR) is 64.9 cm³/mol. The molecule has 1 aliphatic rings. The van der Waals surface area contributed by atoms with E-state index in [4.69, 9.17) is 9.47 Å². The van der Waals surface area contributed by atoms with Gasteiger partial charge in [-0.3, -0.25) is 0 Å². The van der Waals surface area contributed by atoms with Gasteiger partial charge >= 0.3 is 0 Å². The Hall–Kier alpha value is -1.02. The van der Waals surface area contributed by atoms with E-state index in [0.29, 0.717) is 6.61 Å². The van der Waals surface area contributed by atoms with Crippen molar-refractivity contribution < 1.29 is 9.47 Å². The molecule has 1 aliphatic heterocycles. The fourth-order valence-corrected chi connectivity index (χ4v) is 1.66. The fraction of sp³-hybridized carbons (Fsp3) is 0.571. The van der Waals surface area contributed by atoms with E-state index in [1.807, 2.05) is 6.07 Å². The van der Waals surface area contributed by atoms with Crippen LogP contribution < -0.4 is 4.74 Å². The minimum Gasteiger partial charge on any atom is -0.490 e. The van der Waals surface area contributed by atoms with Crippen molar-refractivity contribution in [3.05, 3.63) is 29.8 Å². The van der Waals surface area contributed by atoms with Crippen molar-refractivity contribution >= 4 is 0 Å². The lowest BCUT2D eigenvalue weighted by atomic mass is 10.1. The number of aryl methyl sites for hydroxylation is 1. The number of epoxide rings is 1. The van der Waals surface area contributed by atoms with E-state index in [2.05, 4.69) is 32.0 Å². The van der Waals surface area contributed by atoms with Gasteiger partial charge in [0.25, 0.3) is 0 Å². The number of benzene rings is 1. The maximum absolute atomic E-state index is 5.84. The van der Waals surface area contributed by atoms with Gasteiger partial charge in [0.2, 0.25) is 0 Å². The Morgan fingerprint density at radius 3 is 2.81 bits per heavy atom. The van der Waals surface area contributed by atoms with Crippen LogP contribution in [0.2, 0.25) is 0 Å². The van der Waals surface area contributed by atoms with Gasteiger partial charge in [-0.2, -0.15) is 0 Å². The van der Waals surface area contributed by atoms with Crippen molar-refractivity contribution in [1.29, 1.82) is 0 Å². The van der Waals surface area contributed by atoms with E-state index in [0.717, 1.165) is 18.8 Å². The molecule has 88 valence electrons. The van der Waals surface area contributed by atoms with Crippen molar-refractivity contribution in [2.24, 2.45) is 0 Å². The summed E-state index contributed by atoms with van der Waals surface area (Å²) in [6, 6.07) is 8.31. The lowest BCUT2D eigenvalue weighted by Crippen LogP contribution is -2.17. The highest BCUT2D eigenvalue weighted by atomic mass is 16.6. The van der Waals surface area contributed by atoms with Gasteiger partial charge in [-0.15, -0.1) is 0 Å². The monoisotopic (exact) mass is 220 g/mol. The van der Waals surface area contributed by atoms with E-state index >= 15 is 0 Å². The second-order valence-electron chi connectivity index (χ2n) is 4.74. The molecule has 0 radical (unpaired) electrons. The largest absolute Gasteiger partial charge is 0.490 e. The standard InChI is InChI=1S/C14H20O2/c1-3-4-7-12-8-5-6-9-13(12)15-10-14(2)11-16-14/h5-6,8-9H,3-4,7,10-11H2,1-2H3. The summed E-state index contributed by atoms with van der Waals surface area (Å²) in [5.41, 5.74) is 1.28. The zero-order chi connectivity index (χ0) is 11.4. The number of para-hydroxylation sites is 1. The van der Waals surface area contributed by atoms with Crippen LogP contribution in [0.3, 0.4) is 0 Å². The molecule has 0 bridgehead atoms. The van der Waals surface area contributed by atoms with Gasteiger partial charge in [0.05, 0.1) is 6.61 Å². The number of hydrogen-bond donors (Lipinski definition) is 0. The Morgan fingerprint density at radius 1 is 1.38 bits per heavy atom. The lowest BCUT2D eigenvalue weighted by molar-refractivity contribution is 0.201. The van der Waals surface area contributed by atoms with Crippen LogP contribution in [0, 0.1) is 0 Å². The van der Waals surface area contributed by atoms with E-state index in [1.54, 1.807) is 0 Å². The molecule has 1 aromatic rings. The minimum absolute atomic E-state index is 0.0299. The highest BCUT2D eigenvalue weighted by Gasteiger charge is 2.40. The van der Waals surface area contributed by atoms with Gasteiger partial charge in [0.15, 0.2) is 0 Å². The molecule has 0 aromatic heterocycles. The van der Waals surface area contributed by atoms with Crippen LogP contribution in [0.25, 0.3) is 0 Å². The molecule has 1 aromatic carbocycles. The molecule has 0 spiro atoms. The van der Waals surface area contributed by atoms with E-state index in [9.17, 15) is 0 Å². The quantitative estimate of drug-likeness (QED) is 0.687. The second kappa shape index (κ2) is 4.88. The summed E-state index contributed by atoms with van der Waals surface area (Å²) in [4.78, 5) is 0. The Bertz CT molecular complexity index is 342. The molecule has 2 nitrogen and oxygen atoms in total. The third-order valence-electron chi connectivity index (χ3n) is 2.94. The SMILES string of the molecule is CCCCc1ccccc1OCC1(C)CO1. The zero-order valence-electron chi connectivity index (χ0n) is 10.2. The molecular weight excluding hydrogens is 200 g/mol. The third kappa shape index (κ3) is 2.99. The highest BCUT2D eigenvalue weighted by Crippen LogP contribution is 2.28. The second-order valence-corrected chi connectivity index (χ2v) is 4.74. The third-order valence-corrected chi connectivity index (χ3v) is 2.94. The number of hydrogen-bond acceptors (Lipinski definition) is 2. The summed E-state index contributed by atoms with van der Waals surface area (Å²) >= 11 is 0. The van der Waals surface area contributed by atoms with Crippen molar-refractivity contribution in [1.82, 2.24) is 0 Å². The van der Waals surface area contributed by atoms with Crippen LogP contribution in [0.4, 0.5) is 0 Å². The molecule has 0 aliphatic carbocycles. The molecule has 1 unspecified atom stereocenters. The molecule has 0 amide bonds. The summed E-state index contributed by atoms with van der Waals surface area (Å²) in [5, 5.41) is 0. The summed E-state index contributed by atoms with van der Waals surface area (Å²) in [7, 11) is 0. The van der Waals surface area contributed by atoms with Gasteiger partial charge in [0, 0.05) is 0 Å². The van der Waals surface area contributed by atoms with E-state index in [-0.39, 0.29) is 5.60 Å². The highest BCUT2D eigenvalue weighted by molar-refractivity contribution is 5.33. The number of rotatable bonds is 6. The Morgan fingerprint density at radius 2 is 2.12 bits per heavy atom. The maximum Gasteiger partial charge on any atom is 0.123 e. The van der Waals surface area contributed by atoms with Crippen molar-refractivity contribution in [2.75, 3.05) is 13.2 Å². The summed E-state index contributed by atoms with van der Waals surface area (Å²) in [6.07, 6.45) is 3.54. The Kier molecular flexibility index (Phi) is 3.49. The molecule has 2 heteroatoms. The zero-order valence-corrected chi connectivity index (χ0v) is 10.2. The fourth-order valence-electron chi connectivity index (χ4n) is 1.66. The van der Waals surface area contributed by atoms with E-state index in [1.165, 1.54) is 18.4 Å². The van der Waals surface area contributed by atoms with Crippen LogP contribution in [0.15, 0.2) is 24.3 Å². The van der Waals surface area contributed by atoms with Crippen LogP contribution in [-0.4, -0.2) is 18.8 Å². The molecule has 1 fully saturated rings. The first-order chi connectivity index (χ1) is 7.73. The molecule has 0 N–H and O–H groups in total. The van der Waals surface area contributed by atoms with Gasteiger partial charge in [-0.1, -0.05) is 31.5 Å². The van der Waals surface area contributed by atoms with Gasteiger partial charge < -0.3 is 9.47 Å². The van der Waals surface area contributed by atoms with Gasteiger partial charge in [-0.25, -0.2) is 0 Å². The number of unbranched alkanes of at least 4 members (excludes halogenated alkanes) is 1. The first-order valence-corrected chi connectivity index (χ1v) is 6.08. The summed E-state index contributed by atoms with van der Waals surface area (Å²) < 4.78 is 11.1. The Balaban J connectivity index is 1.95. The Labute approximate surface area is 97.6 Å². The average Bonchev–Trinajstić information content (AvgIpc) is 3.04. The summed E-state index contributed by atoms with van der Waals surface area (Å²) in [6.45, 7) is 5.78. The van der Waals surface area contributed by atoms with Crippen LogP contribution in [0.1, 0.15) is 32.3 Å². The number of ether oxygens (including phenoxy) is 2. The van der Waals surface area contributed by atoms with Crippen molar-refractivity contribution in [3.63, 3.8) is 0 Å². The van der Waals surface area contributed by atoms with Crippen LogP contribution in [0.5, 0.6) is 5.75 Å². The molecule has 1 heterocycles. The molecule has 2 rings (SSSR count). The normalized spacial score (nSPS) is 23.1. The smallest absolute Gasteiger partial charge is 0.123 e. The first kappa shape index (κ1) is 11.5. The molecule has 16 heavy (non-hydrogen) atoms. The van der Waals surface area contributed by atoms with Crippen molar-refractivity contribution in [2.45, 2.75) is 38.7 Å². The summed E-state index contributed by atoms with van der Waals surface area (Å²) in [5.74, 6) is 1.02. The van der Waals surface area contributed by atoms with Crippen LogP contribution in [-0.2, 0) is 11.2 Å². The average molecular weight is 220 g/mol. The molecular formula is C14H20O2. The van der Waals surface area contributed by atoms with E-state index < -0.39 is 0 Å². The minimum atomic E-state index is -0.0299. The molecule has 0 saturated carbocycles. The lowest BCUT2D eigenvalue weighted by Gasteiger charge is -2.12. The first-order valence-electron chi connectivity index (χ1n) is 6.08. The van der Waals surface area contributed by atoms with Crippen molar-refractivity contribution in [3.8, 4) is 5.75 Å². The van der Waals surface area contributed by atoms with Gasteiger partial charge in [0.1, 0.15) is 18.0 Å². The molecule has 1 saturated heterocycles.